The Kier molecular flexibility index (Phi) is 30.0. The number of carbonyl (C=O) groups excluding carboxylic acids is 5. The van der Waals surface area contributed by atoms with Gasteiger partial charge in [-0.3, -0.25) is 57.9 Å². The minimum absolute atomic E-state index is 0.0642. The van der Waals surface area contributed by atoms with Crippen molar-refractivity contribution in [2.24, 2.45) is 7.05 Å². The molecule has 0 radical (unpaired) electrons. The van der Waals surface area contributed by atoms with E-state index in [-0.39, 0.29) is 137 Å². The molecule has 0 unspecified atom stereocenters. The second-order valence-electron chi connectivity index (χ2n) is 22.3. The molecule has 37 nitrogen and oxygen atoms in total. The third-order valence-corrected chi connectivity index (χ3v) is 17.9. The number of β-amino-alcohol motifs (C(OH)–C–C–N with tert-alkyl or cyclic N) is 2. The number of fused-ring (bicyclic) bond motifs is 1. The number of carboxylic acid groups (broad SMARTS) is 3. The van der Waals surface area contributed by atoms with Crippen LogP contribution < -0.4 is 46.8 Å². The van der Waals surface area contributed by atoms with Gasteiger partial charge in [0.15, 0.2) is 12.2 Å². The summed E-state index contributed by atoms with van der Waals surface area (Å²) in [5, 5.41) is 63.3. The number of nitrogens with zero attached hydrogens (tertiary/aromatic N) is 6. The van der Waals surface area contributed by atoms with Gasteiger partial charge in [-0.2, -0.15) is 4.72 Å². The maximum absolute atomic E-state index is 13.7. The van der Waals surface area contributed by atoms with Crippen LogP contribution in [0.3, 0.4) is 0 Å². The number of aliphatic hydroxyl groups is 2. The van der Waals surface area contributed by atoms with E-state index in [4.69, 9.17) is 4.74 Å². The summed E-state index contributed by atoms with van der Waals surface area (Å²) in [5.41, 5.74) is 0.661. The standard InChI is InChI=1S/C55H84N14O23S3/c1-34-23-37(24-35(2)50(34)95(90,91)64-40(54(82)83)27-60-51(79)39-28-65(3)43-25-36(6-7-38(43)49(39)78)26-61-55-58-11-12-59-55)92-22-4-5-44(70)56-9-10-57-52(80)41(32-93(84,85)86)63-53(81)42(33-94(87,88)89)62-45(71)8-13-66-14-16-67(29-46(72)73)18-20-69(31-48(76)77)21-19-68(17-15-66)30-47(74)75/h6-7,11-12,23-25,28,40-42,46,64,72-73,84-89H,4-5,8-10,13-22,26-27,29-33H2,1-3H3,(H,56,70)(H,57,80)(H,60,79)(H,62,71)(H,63,81)(H,74,75)(H,76,77)(H,82,83)(H2,58,59,61)/t40-,41-,42-/m0/s1. The largest absolute Gasteiger partial charge is 0.494 e. The fourth-order valence-corrected chi connectivity index (χ4v) is 13.0. The van der Waals surface area contributed by atoms with E-state index in [1.807, 2.05) is 0 Å². The van der Waals surface area contributed by atoms with Crippen LogP contribution >= 0.6 is 21.7 Å². The molecule has 95 heavy (non-hydrogen) atoms. The number of aliphatic carboxylic acids is 3. The molecule has 19 N–H and O–H groups in total. The van der Waals surface area contributed by atoms with E-state index in [0.29, 0.717) is 18.0 Å². The van der Waals surface area contributed by atoms with Crippen LogP contribution in [0.4, 0.5) is 5.95 Å². The number of ether oxygens (including phenoxy) is 1. The zero-order chi connectivity index (χ0) is 70.4. The van der Waals surface area contributed by atoms with Gasteiger partial charge in [0, 0.05) is 135 Å². The van der Waals surface area contributed by atoms with Gasteiger partial charge in [-0.1, -0.05) is 6.07 Å². The molecule has 0 saturated carbocycles. The number of aliphatic hydroxyl groups excluding tert-OH is 1. The van der Waals surface area contributed by atoms with E-state index >= 15 is 0 Å². The molecule has 2 aromatic carbocycles. The van der Waals surface area contributed by atoms with E-state index in [2.05, 4.69) is 46.6 Å². The maximum Gasteiger partial charge on any atom is 0.323 e. The smallest absolute Gasteiger partial charge is 0.323 e. The number of carbonyl (C=O) groups is 8. The van der Waals surface area contributed by atoms with E-state index in [9.17, 15) is 104 Å². The fourth-order valence-electron chi connectivity index (χ4n) is 10.0. The molecule has 3 atom stereocenters. The number of anilines is 1. The van der Waals surface area contributed by atoms with Crippen molar-refractivity contribution in [2.75, 3.05) is 122 Å². The minimum atomic E-state index is -4.58. The molecule has 0 bridgehead atoms. The summed E-state index contributed by atoms with van der Waals surface area (Å²) in [6.07, 6.45) is 2.33. The molecule has 4 aromatic rings. The topological polar surface area (TPSA) is 550 Å². The highest BCUT2D eigenvalue weighted by Gasteiger charge is 2.35. The van der Waals surface area contributed by atoms with E-state index < -0.39 is 140 Å². The second-order valence-corrected chi connectivity index (χ2v) is 27.2. The summed E-state index contributed by atoms with van der Waals surface area (Å²) in [4.78, 5) is 129. The Morgan fingerprint density at radius 3 is 1.81 bits per heavy atom. The highest BCUT2D eigenvalue weighted by molar-refractivity contribution is 8.19. The van der Waals surface area contributed by atoms with Gasteiger partial charge in [-0.25, -0.2) is 13.4 Å². The summed E-state index contributed by atoms with van der Waals surface area (Å²) >= 11 is 0. The molecule has 3 heterocycles. The zero-order valence-corrected chi connectivity index (χ0v) is 54.7. The van der Waals surface area contributed by atoms with Crippen molar-refractivity contribution in [1.82, 2.24) is 65.4 Å². The minimum Gasteiger partial charge on any atom is -0.494 e. The number of aromatic nitrogens is 3. The number of rotatable bonds is 35. The van der Waals surface area contributed by atoms with Crippen molar-refractivity contribution < 1.29 is 104 Å². The molecular weight excluding hydrogens is 1320 g/mol. The van der Waals surface area contributed by atoms with Crippen molar-refractivity contribution in [3.8, 4) is 5.75 Å². The third-order valence-electron chi connectivity index (χ3n) is 14.6. The Bertz CT molecular complexity index is 3460. The van der Waals surface area contributed by atoms with Crippen LogP contribution in [0.15, 0.2) is 58.6 Å². The third kappa shape index (κ3) is 27.2. The Labute approximate surface area is 548 Å². The first-order chi connectivity index (χ1) is 44.6. The Balaban J connectivity index is 1.09. The molecule has 2 aromatic heterocycles. The van der Waals surface area contributed by atoms with Gasteiger partial charge in [0.25, 0.3) is 5.91 Å². The van der Waals surface area contributed by atoms with E-state index in [1.54, 1.807) is 61.8 Å². The number of hydrogen-bond acceptors (Lipinski definition) is 26. The summed E-state index contributed by atoms with van der Waals surface area (Å²) in [6, 6.07) is 1.90. The summed E-state index contributed by atoms with van der Waals surface area (Å²) < 4.78 is 96.3. The molecule has 1 saturated heterocycles. The molecular formula is C55H84N14O23S3. The lowest BCUT2D eigenvalue weighted by Crippen LogP contribution is -2.57. The number of pyridine rings is 1. The molecule has 0 spiro atoms. The SMILES string of the molecule is Cc1cc(OCCCC(=O)NCCNC(=O)[C@H](CS(O)(O)O)NC(=O)[C@H](CS(O)(O)O)NC(=O)CCN2CCN(CC(=O)O)CCN(CC(=O)O)CCN(CC(O)O)CC2)cc(C)c1S(=O)(=O)N[C@@H](CNC(=O)c1cn(C)c2cc(CNc3ncc[nH]3)ccc2c1=O)C(=O)O. The van der Waals surface area contributed by atoms with Crippen molar-refractivity contribution in [2.45, 2.75) is 69.0 Å². The predicted molar refractivity (Wildman–Crippen MR) is 344 cm³/mol. The van der Waals surface area contributed by atoms with Crippen LogP contribution in [-0.2, 0) is 57.2 Å². The van der Waals surface area contributed by atoms with Crippen molar-refractivity contribution in [3.05, 3.63) is 81.4 Å². The number of nitrogens with one attached hydrogen (secondary N) is 8. The van der Waals surface area contributed by atoms with Crippen LogP contribution in [0.5, 0.6) is 5.75 Å². The molecule has 0 aliphatic carbocycles. The fraction of sp³-hybridized carbons (Fsp3) is 0.527. The number of aryl methyl sites for hydroxylation is 3. The van der Waals surface area contributed by atoms with Crippen LogP contribution in [0, 0.1) is 13.8 Å². The van der Waals surface area contributed by atoms with E-state index in [1.165, 1.54) is 32.2 Å². The molecule has 1 aliphatic rings. The molecule has 530 valence electrons. The zero-order valence-electron chi connectivity index (χ0n) is 52.2. The maximum atomic E-state index is 13.7. The molecule has 1 fully saturated rings. The average molecular weight is 1410 g/mol. The van der Waals surface area contributed by atoms with Gasteiger partial charge < -0.3 is 104 Å². The monoisotopic (exact) mass is 1400 g/mol. The average Bonchev–Trinajstić information content (AvgIpc) is 0.891. The number of amides is 5. The number of sulfonamides is 1. The lowest BCUT2D eigenvalue weighted by Gasteiger charge is -2.33. The first-order valence-corrected chi connectivity index (χ1v) is 34.3. The number of benzene rings is 2. The number of aromatic amines is 1. The van der Waals surface area contributed by atoms with Gasteiger partial charge in [0.1, 0.15) is 29.4 Å². The Morgan fingerprint density at radius 2 is 1.26 bits per heavy atom. The van der Waals surface area contributed by atoms with Crippen LogP contribution in [0.1, 0.15) is 46.3 Å². The Morgan fingerprint density at radius 1 is 0.695 bits per heavy atom. The van der Waals surface area contributed by atoms with Crippen LogP contribution in [0.2, 0.25) is 0 Å². The van der Waals surface area contributed by atoms with Crippen molar-refractivity contribution in [1.29, 1.82) is 0 Å². The first-order valence-electron chi connectivity index (χ1n) is 29.5. The first kappa shape index (κ1) is 78.0. The van der Waals surface area contributed by atoms with Gasteiger partial charge in [-0.05, 0) is 61.2 Å². The summed E-state index contributed by atoms with van der Waals surface area (Å²) in [5.74, 6) is -10.5. The number of H-pyrrole nitrogens is 1. The van der Waals surface area contributed by atoms with Crippen molar-refractivity contribution >= 4 is 96.1 Å². The highest BCUT2D eigenvalue weighted by Crippen LogP contribution is 2.35. The predicted octanol–water partition coefficient (Wildman–Crippen LogP) is -2.45. The van der Waals surface area contributed by atoms with Gasteiger partial charge >= 0.3 is 17.9 Å². The quantitative estimate of drug-likeness (QED) is 0.0168. The molecule has 5 rings (SSSR count). The van der Waals surface area contributed by atoms with E-state index in [0.717, 1.165) is 5.56 Å². The van der Waals surface area contributed by atoms with Crippen LogP contribution in [0.25, 0.3) is 10.9 Å². The summed E-state index contributed by atoms with van der Waals surface area (Å²) in [6.45, 7) is 2.03. The second kappa shape index (κ2) is 36.5. The lowest BCUT2D eigenvalue weighted by atomic mass is 10.1. The Hall–Kier alpha value is -7.65. The molecule has 1 aliphatic heterocycles. The molecule has 40 heteroatoms. The van der Waals surface area contributed by atoms with Gasteiger partial charge in [-0.15, -0.1) is 0 Å². The number of carboxylic acids is 3. The molecule has 5 amide bonds. The lowest BCUT2D eigenvalue weighted by molar-refractivity contribution is -0.140. The van der Waals surface area contributed by atoms with Crippen molar-refractivity contribution in [3.63, 3.8) is 0 Å². The van der Waals surface area contributed by atoms with Gasteiger partial charge in [0.05, 0.1) is 63.4 Å². The van der Waals surface area contributed by atoms with Gasteiger partial charge in [0.2, 0.25) is 39.1 Å². The van der Waals surface area contributed by atoms with Crippen LogP contribution in [-0.4, -0.2) is 284 Å². The number of hydrogen-bond donors (Lipinski definition) is 19. The summed E-state index contributed by atoms with van der Waals surface area (Å²) in [7, 11) is -12.1. The normalized spacial score (nSPS) is 15.7. The highest BCUT2D eigenvalue weighted by atomic mass is 32.3. The number of imidazole rings is 1.